The Bertz CT molecular complexity index is 134. The van der Waals surface area contributed by atoms with Crippen molar-refractivity contribution in [2.24, 2.45) is 4.99 Å². The van der Waals surface area contributed by atoms with Crippen LogP contribution in [0.5, 0.6) is 0 Å². The predicted molar refractivity (Wildman–Crippen MR) is 41.0 cm³/mol. The minimum atomic E-state index is 1.04. The van der Waals surface area contributed by atoms with Gasteiger partial charge in [-0.15, -0.1) is 0 Å². The lowest BCUT2D eigenvalue weighted by atomic mass is 10.1. The summed E-state index contributed by atoms with van der Waals surface area (Å²) in [6.07, 6.45) is 7.96. The molecular formula is C8H13N. The van der Waals surface area contributed by atoms with Crippen LogP contribution < -0.4 is 0 Å². The molecule has 50 valence electrons. The molecule has 1 heteroatoms. The summed E-state index contributed by atoms with van der Waals surface area (Å²) < 4.78 is 0. The fourth-order valence-electron chi connectivity index (χ4n) is 1.05. The van der Waals surface area contributed by atoms with Crippen LogP contribution in [0.15, 0.2) is 17.1 Å². The van der Waals surface area contributed by atoms with Gasteiger partial charge in [0.05, 0.1) is 0 Å². The number of allylic oxidation sites excluding steroid dienone is 2. The van der Waals surface area contributed by atoms with E-state index in [0.717, 1.165) is 6.54 Å². The molecule has 1 aliphatic heterocycles. The normalized spacial score (nSPS) is 20.3. The van der Waals surface area contributed by atoms with Crippen LogP contribution in [-0.2, 0) is 0 Å². The molecule has 0 atom stereocenters. The Hall–Kier alpha value is -0.590. The first kappa shape index (κ1) is 6.53. The van der Waals surface area contributed by atoms with Gasteiger partial charge in [0, 0.05) is 12.3 Å². The van der Waals surface area contributed by atoms with Gasteiger partial charge in [0.25, 0.3) is 0 Å². The van der Waals surface area contributed by atoms with Gasteiger partial charge >= 0.3 is 0 Å². The molecule has 0 aromatic heterocycles. The van der Waals surface area contributed by atoms with Gasteiger partial charge in [-0.3, -0.25) is 4.99 Å². The van der Waals surface area contributed by atoms with Gasteiger partial charge in [0.2, 0.25) is 0 Å². The van der Waals surface area contributed by atoms with Gasteiger partial charge < -0.3 is 0 Å². The van der Waals surface area contributed by atoms with E-state index in [-0.39, 0.29) is 0 Å². The Morgan fingerprint density at radius 1 is 1.44 bits per heavy atom. The van der Waals surface area contributed by atoms with Crippen molar-refractivity contribution in [1.29, 1.82) is 0 Å². The summed E-state index contributed by atoms with van der Waals surface area (Å²) in [4.78, 5) is 4.35. The smallest absolute Gasteiger partial charge is 0.0392 e. The van der Waals surface area contributed by atoms with Crippen LogP contribution in [0, 0.1) is 0 Å². The number of hydrogen-bond donors (Lipinski definition) is 0. The van der Waals surface area contributed by atoms with Gasteiger partial charge in [-0.05, 0) is 32.3 Å². The topological polar surface area (TPSA) is 12.4 Å². The van der Waals surface area contributed by atoms with Gasteiger partial charge in [0.15, 0.2) is 0 Å². The monoisotopic (exact) mass is 123 g/mol. The fraction of sp³-hybridized carbons (Fsp3) is 0.625. The van der Waals surface area contributed by atoms with Crippen molar-refractivity contribution in [2.75, 3.05) is 6.54 Å². The second-order valence-electron chi connectivity index (χ2n) is 2.33. The minimum absolute atomic E-state index is 1.04. The van der Waals surface area contributed by atoms with Gasteiger partial charge in [0.1, 0.15) is 0 Å². The molecule has 0 aromatic carbocycles. The number of aliphatic imine (C=N–C) groups is 1. The third kappa shape index (κ3) is 2.00. The molecule has 0 aliphatic carbocycles. The molecule has 1 rings (SSSR count). The molecule has 0 saturated heterocycles. The highest BCUT2D eigenvalue weighted by Crippen LogP contribution is 2.05. The van der Waals surface area contributed by atoms with Crippen LogP contribution in [-0.4, -0.2) is 12.3 Å². The zero-order chi connectivity index (χ0) is 6.53. The Morgan fingerprint density at radius 2 is 2.33 bits per heavy atom. The van der Waals surface area contributed by atoms with Gasteiger partial charge in [-0.2, -0.15) is 0 Å². The summed E-state index contributed by atoms with van der Waals surface area (Å²) in [5.74, 6) is 0. The highest BCUT2D eigenvalue weighted by molar-refractivity contribution is 5.95. The van der Waals surface area contributed by atoms with E-state index in [1.807, 2.05) is 6.92 Å². The summed E-state index contributed by atoms with van der Waals surface area (Å²) >= 11 is 0. The van der Waals surface area contributed by atoms with Crippen LogP contribution in [0.3, 0.4) is 0 Å². The van der Waals surface area contributed by atoms with Crippen LogP contribution in [0.2, 0.25) is 0 Å². The highest BCUT2D eigenvalue weighted by Gasteiger charge is 1.99. The second kappa shape index (κ2) is 3.44. The molecule has 0 spiro atoms. The Labute approximate surface area is 56.5 Å². The van der Waals surface area contributed by atoms with E-state index in [4.69, 9.17) is 0 Å². The average Bonchev–Trinajstić information content (AvgIpc) is 1.91. The summed E-state index contributed by atoms with van der Waals surface area (Å²) in [6, 6.07) is 0. The average molecular weight is 123 g/mol. The Balaban J connectivity index is 2.46. The quantitative estimate of drug-likeness (QED) is 0.507. The molecule has 0 N–H and O–H groups in total. The maximum absolute atomic E-state index is 4.35. The second-order valence-corrected chi connectivity index (χ2v) is 2.33. The molecule has 1 nitrogen and oxygen atoms in total. The van der Waals surface area contributed by atoms with Crippen LogP contribution in [0.25, 0.3) is 0 Å². The van der Waals surface area contributed by atoms with E-state index in [0.29, 0.717) is 0 Å². The third-order valence-electron chi connectivity index (χ3n) is 1.51. The first-order valence-corrected chi connectivity index (χ1v) is 3.59. The van der Waals surface area contributed by atoms with Crippen molar-refractivity contribution in [2.45, 2.75) is 26.2 Å². The third-order valence-corrected chi connectivity index (χ3v) is 1.51. The Morgan fingerprint density at radius 3 is 2.89 bits per heavy atom. The SMILES string of the molecule is C/C=C/C1=NCCCC1. The lowest BCUT2D eigenvalue weighted by Crippen LogP contribution is -2.01. The van der Waals surface area contributed by atoms with Crippen molar-refractivity contribution in [3.8, 4) is 0 Å². The molecule has 9 heavy (non-hydrogen) atoms. The molecule has 0 aromatic rings. The molecule has 0 amide bonds. The molecule has 1 heterocycles. The van der Waals surface area contributed by atoms with Crippen LogP contribution >= 0.6 is 0 Å². The first-order chi connectivity index (χ1) is 4.43. The molecule has 1 aliphatic rings. The minimum Gasteiger partial charge on any atom is -0.290 e. The van der Waals surface area contributed by atoms with Crippen LogP contribution in [0.4, 0.5) is 0 Å². The zero-order valence-corrected chi connectivity index (χ0v) is 5.93. The van der Waals surface area contributed by atoms with Crippen LogP contribution in [0.1, 0.15) is 26.2 Å². The maximum atomic E-state index is 4.35. The van der Waals surface area contributed by atoms with Gasteiger partial charge in [-0.25, -0.2) is 0 Å². The molecule has 0 fully saturated rings. The molecule has 0 radical (unpaired) electrons. The standard InChI is InChI=1S/C8H13N/c1-2-5-8-6-3-4-7-9-8/h2,5H,3-4,6-7H2,1H3/b5-2+. The molecule has 0 saturated carbocycles. The van der Waals surface area contributed by atoms with E-state index < -0.39 is 0 Å². The zero-order valence-electron chi connectivity index (χ0n) is 5.93. The predicted octanol–water partition coefficient (Wildman–Crippen LogP) is 2.19. The van der Waals surface area contributed by atoms with Crippen molar-refractivity contribution in [3.63, 3.8) is 0 Å². The van der Waals surface area contributed by atoms with Crippen molar-refractivity contribution < 1.29 is 0 Å². The largest absolute Gasteiger partial charge is 0.290 e. The van der Waals surface area contributed by atoms with E-state index >= 15 is 0 Å². The van der Waals surface area contributed by atoms with Crippen molar-refractivity contribution in [3.05, 3.63) is 12.2 Å². The summed E-state index contributed by atoms with van der Waals surface area (Å²) in [5.41, 5.74) is 1.28. The van der Waals surface area contributed by atoms with E-state index in [9.17, 15) is 0 Å². The van der Waals surface area contributed by atoms with E-state index in [1.165, 1.54) is 25.0 Å². The number of hydrogen-bond acceptors (Lipinski definition) is 1. The van der Waals surface area contributed by atoms with E-state index in [1.54, 1.807) is 0 Å². The first-order valence-electron chi connectivity index (χ1n) is 3.59. The highest BCUT2D eigenvalue weighted by atomic mass is 14.7. The van der Waals surface area contributed by atoms with Gasteiger partial charge in [-0.1, -0.05) is 6.08 Å². The summed E-state index contributed by atoms with van der Waals surface area (Å²) in [6.45, 7) is 3.08. The number of nitrogens with zero attached hydrogens (tertiary/aromatic N) is 1. The fourth-order valence-corrected chi connectivity index (χ4v) is 1.05. The molecule has 0 bridgehead atoms. The summed E-state index contributed by atoms with van der Waals surface area (Å²) in [5, 5.41) is 0. The van der Waals surface area contributed by atoms with Crippen molar-refractivity contribution in [1.82, 2.24) is 0 Å². The lowest BCUT2D eigenvalue weighted by Gasteiger charge is -2.06. The van der Waals surface area contributed by atoms with Crippen molar-refractivity contribution >= 4 is 5.71 Å². The maximum Gasteiger partial charge on any atom is 0.0392 e. The Kier molecular flexibility index (Phi) is 2.49. The van der Waals surface area contributed by atoms with E-state index in [2.05, 4.69) is 17.1 Å². The lowest BCUT2D eigenvalue weighted by molar-refractivity contribution is 0.740. The summed E-state index contributed by atoms with van der Waals surface area (Å²) in [7, 11) is 0. The molecule has 0 unspecified atom stereocenters. The number of rotatable bonds is 1. The molecular weight excluding hydrogens is 110 g/mol.